The molecule has 7 heteroatoms. The number of hydrogen-bond acceptors (Lipinski definition) is 4. The van der Waals surface area contributed by atoms with Gasteiger partial charge >= 0.3 is 6.03 Å². The van der Waals surface area contributed by atoms with E-state index in [1.165, 1.54) is 7.05 Å². The van der Waals surface area contributed by atoms with E-state index in [2.05, 4.69) is 16.0 Å². The maximum Gasteiger partial charge on any atom is 0.321 e. The summed E-state index contributed by atoms with van der Waals surface area (Å²) in [6, 6.07) is 7.31. The smallest absolute Gasteiger partial charge is 0.321 e. The molecule has 0 bridgehead atoms. The van der Waals surface area contributed by atoms with Crippen molar-refractivity contribution in [3.63, 3.8) is 0 Å². The predicted octanol–water partition coefficient (Wildman–Crippen LogP) is 0.796. The van der Waals surface area contributed by atoms with Crippen LogP contribution in [0, 0.1) is 0 Å². The predicted molar refractivity (Wildman–Crippen MR) is 77.0 cm³/mol. The monoisotopic (exact) mass is 284 g/mol. The lowest BCUT2D eigenvalue weighted by Crippen LogP contribution is -2.45. The van der Waals surface area contributed by atoms with Crippen LogP contribution in [-0.2, 0) is 4.79 Å². The Morgan fingerprint density at radius 3 is 2.84 bits per heavy atom. The van der Waals surface area contributed by atoms with Gasteiger partial charge in [0.05, 0.1) is 17.9 Å². The number of urea groups is 1. The summed E-state index contributed by atoms with van der Waals surface area (Å²) in [4.78, 5) is 24.6. The third kappa shape index (κ3) is 3.75. The zero-order valence-electron chi connectivity index (χ0n) is 10.6. The topological polar surface area (TPSA) is 73.5 Å². The van der Waals surface area contributed by atoms with Crippen LogP contribution in [0.5, 0.6) is 0 Å². The van der Waals surface area contributed by atoms with Crippen molar-refractivity contribution in [3.8, 4) is 0 Å². The van der Waals surface area contributed by atoms with Gasteiger partial charge in [0.1, 0.15) is 0 Å². The van der Waals surface area contributed by atoms with Crippen LogP contribution in [0.4, 0.5) is 16.2 Å². The Morgan fingerprint density at radius 1 is 1.37 bits per heavy atom. The molecule has 0 fully saturated rings. The fraction of sp³-hybridized carbons (Fsp3) is 0.333. The van der Waals surface area contributed by atoms with Gasteiger partial charge in [0, 0.05) is 20.1 Å². The standard InChI is InChI=1S/C12H16N4O2.ClH/c1-13-12(18)15-11(17)8-16-7-6-14-9-4-2-3-5-10(9)16;/h2-5,14H,6-8H2,1H3,(H2,13,15,17,18);1H. The first-order chi connectivity index (χ1) is 8.70. The number of carbonyl (C=O) groups is 2. The largest absolute Gasteiger partial charge is 0.382 e. The number of fused-ring (bicyclic) bond motifs is 1. The SMILES string of the molecule is CNC(=O)NC(=O)CN1CCNc2ccccc21.Cl. The molecule has 1 heterocycles. The van der Waals surface area contributed by atoms with Crippen molar-refractivity contribution in [1.29, 1.82) is 0 Å². The second-order valence-electron chi connectivity index (χ2n) is 3.99. The molecule has 104 valence electrons. The van der Waals surface area contributed by atoms with Gasteiger partial charge in [-0.25, -0.2) is 4.79 Å². The minimum absolute atomic E-state index is 0. The number of para-hydroxylation sites is 2. The maximum absolute atomic E-state index is 11.7. The summed E-state index contributed by atoms with van der Waals surface area (Å²) in [5.41, 5.74) is 1.99. The van der Waals surface area contributed by atoms with Gasteiger partial charge in [-0.3, -0.25) is 10.1 Å². The van der Waals surface area contributed by atoms with Gasteiger partial charge in [-0.05, 0) is 12.1 Å². The number of halogens is 1. The van der Waals surface area contributed by atoms with Gasteiger partial charge in [0.25, 0.3) is 0 Å². The minimum atomic E-state index is -0.483. The fourth-order valence-electron chi connectivity index (χ4n) is 1.91. The number of benzene rings is 1. The molecule has 19 heavy (non-hydrogen) atoms. The molecule has 0 unspecified atom stereocenters. The first kappa shape index (κ1) is 15.1. The lowest BCUT2D eigenvalue weighted by atomic mass is 10.2. The number of hydrogen-bond donors (Lipinski definition) is 3. The summed E-state index contributed by atoms with van der Waals surface area (Å²) in [7, 11) is 1.47. The van der Waals surface area contributed by atoms with Crippen molar-refractivity contribution in [3.05, 3.63) is 24.3 Å². The Kier molecular flexibility index (Phi) is 5.44. The Bertz CT molecular complexity index is 467. The number of imide groups is 1. The van der Waals surface area contributed by atoms with Crippen LogP contribution in [0.3, 0.4) is 0 Å². The van der Waals surface area contributed by atoms with Crippen molar-refractivity contribution < 1.29 is 9.59 Å². The van der Waals surface area contributed by atoms with Gasteiger partial charge < -0.3 is 15.5 Å². The highest BCUT2D eigenvalue weighted by molar-refractivity contribution is 5.96. The van der Waals surface area contributed by atoms with Crippen LogP contribution in [0.15, 0.2) is 24.3 Å². The van der Waals surface area contributed by atoms with Crippen LogP contribution in [0.25, 0.3) is 0 Å². The van der Waals surface area contributed by atoms with Crippen molar-refractivity contribution in [2.75, 3.05) is 36.9 Å². The first-order valence-electron chi connectivity index (χ1n) is 5.80. The second kappa shape index (κ2) is 6.84. The number of anilines is 2. The molecule has 0 atom stereocenters. The summed E-state index contributed by atoms with van der Waals surface area (Å²) < 4.78 is 0. The summed E-state index contributed by atoms with van der Waals surface area (Å²) in [5, 5.41) is 7.87. The fourth-order valence-corrected chi connectivity index (χ4v) is 1.91. The molecule has 0 aliphatic carbocycles. The average molecular weight is 285 g/mol. The Balaban J connectivity index is 0.00000180. The van der Waals surface area contributed by atoms with Gasteiger partial charge in [-0.2, -0.15) is 0 Å². The highest BCUT2D eigenvalue weighted by Crippen LogP contribution is 2.27. The average Bonchev–Trinajstić information content (AvgIpc) is 2.39. The molecule has 0 radical (unpaired) electrons. The van der Waals surface area contributed by atoms with Gasteiger partial charge in [0.15, 0.2) is 0 Å². The molecular formula is C12H17ClN4O2. The van der Waals surface area contributed by atoms with E-state index in [1.54, 1.807) is 0 Å². The van der Waals surface area contributed by atoms with Crippen molar-refractivity contribution in [2.45, 2.75) is 0 Å². The molecule has 1 aromatic carbocycles. The number of carbonyl (C=O) groups excluding carboxylic acids is 2. The van der Waals surface area contributed by atoms with Crippen molar-refractivity contribution >= 4 is 35.7 Å². The summed E-state index contributed by atoms with van der Waals surface area (Å²) in [5.74, 6) is -0.314. The van der Waals surface area contributed by atoms with E-state index >= 15 is 0 Å². The van der Waals surface area contributed by atoms with Gasteiger partial charge in [0.2, 0.25) is 5.91 Å². The highest BCUT2D eigenvalue weighted by Gasteiger charge is 2.18. The molecular weight excluding hydrogens is 268 g/mol. The Hall–Kier alpha value is -1.95. The Morgan fingerprint density at radius 2 is 2.11 bits per heavy atom. The number of amides is 3. The lowest BCUT2D eigenvalue weighted by Gasteiger charge is -2.31. The maximum atomic E-state index is 11.7. The molecule has 1 aliphatic rings. The third-order valence-electron chi connectivity index (χ3n) is 2.76. The normalized spacial score (nSPS) is 12.6. The molecule has 3 N–H and O–H groups in total. The number of nitrogens with one attached hydrogen (secondary N) is 3. The number of rotatable bonds is 2. The molecule has 1 aliphatic heterocycles. The molecule has 3 amide bonds. The van der Waals surface area contributed by atoms with E-state index in [0.717, 1.165) is 24.5 Å². The second-order valence-corrected chi connectivity index (χ2v) is 3.99. The Labute approximate surface area is 118 Å². The van der Waals surface area contributed by atoms with Crippen molar-refractivity contribution in [1.82, 2.24) is 10.6 Å². The summed E-state index contributed by atoms with van der Waals surface area (Å²) in [6.07, 6.45) is 0. The van der Waals surface area contributed by atoms with Gasteiger partial charge in [-0.15, -0.1) is 12.4 Å². The van der Waals surface area contributed by atoms with Gasteiger partial charge in [-0.1, -0.05) is 12.1 Å². The quantitative estimate of drug-likeness (QED) is 0.751. The van der Waals surface area contributed by atoms with Crippen LogP contribution < -0.4 is 20.9 Å². The van der Waals surface area contributed by atoms with E-state index in [4.69, 9.17) is 0 Å². The van der Waals surface area contributed by atoms with E-state index in [1.807, 2.05) is 29.2 Å². The molecule has 1 aromatic rings. The van der Waals surface area contributed by atoms with Crippen LogP contribution in [0.2, 0.25) is 0 Å². The molecule has 2 rings (SSSR count). The molecule has 0 saturated carbocycles. The number of nitrogens with zero attached hydrogens (tertiary/aromatic N) is 1. The zero-order valence-corrected chi connectivity index (χ0v) is 11.4. The highest BCUT2D eigenvalue weighted by atomic mass is 35.5. The minimum Gasteiger partial charge on any atom is -0.382 e. The van der Waals surface area contributed by atoms with E-state index in [9.17, 15) is 9.59 Å². The van der Waals surface area contributed by atoms with E-state index < -0.39 is 6.03 Å². The zero-order chi connectivity index (χ0) is 13.0. The summed E-state index contributed by atoms with van der Waals surface area (Å²) >= 11 is 0. The van der Waals surface area contributed by atoms with E-state index in [0.29, 0.717) is 0 Å². The van der Waals surface area contributed by atoms with Crippen LogP contribution in [0.1, 0.15) is 0 Å². The van der Waals surface area contributed by atoms with E-state index in [-0.39, 0.29) is 24.9 Å². The third-order valence-corrected chi connectivity index (χ3v) is 2.76. The molecule has 6 nitrogen and oxygen atoms in total. The van der Waals surface area contributed by atoms with Crippen LogP contribution in [-0.4, -0.2) is 38.6 Å². The molecule has 0 aromatic heterocycles. The van der Waals surface area contributed by atoms with Crippen molar-refractivity contribution in [2.24, 2.45) is 0 Å². The molecule has 0 saturated heterocycles. The van der Waals surface area contributed by atoms with Crippen LogP contribution >= 0.6 is 12.4 Å². The summed E-state index contributed by atoms with van der Waals surface area (Å²) in [6.45, 7) is 1.69. The molecule has 0 spiro atoms. The lowest BCUT2D eigenvalue weighted by molar-refractivity contribution is -0.118. The first-order valence-corrected chi connectivity index (χ1v) is 5.80.